The van der Waals surface area contributed by atoms with Gasteiger partial charge in [-0.3, -0.25) is 14.6 Å². The highest BCUT2D eigenvalue weighted by Gasteiger charge is 2.32. The summed E-state index contributed by atoms with van der Waals surface area (Å²) in [6, 6.07) is 3.00. The average molecular weight is 350 g/mol. The van der Waals surface area contributed by atoms with E-state index in [4.69, 9.17) is 11.6 Å². The molecule has 1 aromatic heterocycles. The number of amides is 2. The van der Waals surface area contributed by atoms with Gasteiger partial charge in [-0.05, 0) is 25.0 Å². The van der Waals surface area contributed by atoms with Crippen molar-refractivity contribution in [3.8, 4) is 0 Å². The Hall–Kier alpha value is -1.83. The van der Waals surface area contributed by atoms with Crippen LogP contribution in [0.25, 0.3) is 0 Å². The normalized spacial score (nSPS) is 16.3. The molecule has 1 fully saturated rings. The molecule has 1 N–H and O–H groups in total. The second-order valence-electron chi connectivity index (χ2n) is 5.26. The maximum absolute atomic E-state index is 12.2. The van der Waals surface area contributed by atoms with Crippen molar-refractivity contribution in [2.24, 2.45) is 5.92 Å². The van der Waals surface area contributed by atoms with E-state index in [1.165, 1.54) is 17.2 Å². The number of carbonyl (C=O) groups excluding carboxylic acids is 2. The van der Waals surface area contributed by atoms with Gasteiger partial charge in [0.25, 0.3) is 5.91 Å². The van der Waals surface area contributed by atoms with Gasteiger partial charge in [-0.1, -0.05) is 11.6 Å². The number of hydrogen-bond acceptors (Lipinski definition) is 3. The van der Waals surface area contributed by atoms with Crippen molar-refractivity contribution in [2.75, 3.05) is 19.6 Å². The molecule has 0 radical (unpaired) electrons. The van der Waals surface area contributed by atoms with Crippen LogP contribution in [-0.4, -0.2) is 47.5 Å². The number of halogens is 4. The molecule has 2 amide bonds. The van der Waals surface area contributed by atoms with E-state index >= 15 is 0 Å². The number of rotatable bonds is 3. The zero-order chi connectivity index (χ0) is 17.0. The molecule has 9 heteroatoms. The highest BCUT2D eigenvalue weighted by atomic mass is 35.5. The van der Waals surface area contributed by atoms with E-state index in [9.17, 15) is 22.8 Å². The van der Waals surface area contributed by atoms with E-state index in [1.54, 1.807) is 6.07 Å². The number of nitrogens with zero attached hydrogens (tertiary/aromatic N) is 2. The summed E-state index contributed by atoms with van der Waals surface area (Å²) in [7, 11) is 0. The number of aromatic nitrogens is 1. The molecule has 0 atom stereocenters. The summed E-state index contributed by atoms with van der Waals surface area (Å²) in [4.78, 5) is 29.4. The number of nitrogens with one attached hydrogen (secondary N) is 1. The summed E-state index contributed by atoms with van der Waals surface area (Å²) >= 11 is 5.81. The molecule has 2 rings (SSSR count). The molecule has 1 aliphatic rings. The second kappa shape index (κ2) is 7.16. The summed E-state index contributed by atoms with van der Waals surface area (Å²) < 4.78 is 36.3. The van der Waals surface area contributed by atoms with E-state index in [-0.39, 0.29) is 24.7 Å². The minimum atomic E-state index is -4.43. The molecule has 0 aromatic carbocycles. The number of piperidine rings is 1. The van der Waals surface area contributed by atoms with Gasteiger partial charge in [0, 0.05) is 30.2 Å². The Bertz CT molecular complexity index is 587. The Labute approximate surface area is 135 Å². The van der Waals surface area contributed by atoms with Crippen LogP contribution in [0.1, 0.15) is 23.3 Å². The summed E-state index contributed by atoms with van der Waals surface area (Å²) in [6.45, 7) is -0.758. The van der Waals surface area contributed by atoms with E-state index in [1.807, 2.05) is 5.32 Å². The standard InChI is InChI=1S/C14H15ClF3N3O2/c15-10-1-4-19-11(7-10)13(23)21-5-2-9(3-6-21)12(22)20-8-14(16,17)18/h1,4,7,9H,2-3,5-6,8H2,(H,20,22). The van der Waals surface area contributed by atoms with Gasteiger partial charge >= 0.3 is 6.18 Å². The summed E-state index contributed by atoms with van der Waals surface area (Å²) in [5.74, 6) is -1.45. The van der Waals surface area contributed by atoms with Crippen molar-refractivity contribution in [1.82, 2.24) is 15.2 Å². The number of likely N-dealkylation sites (tertiary alicyclic amines) is 1. The number of alkyl halides is 3. The Morgan fingerprint density at radius 2 is 2.00 bits per heavy atom. The van der Waals surface area contributed by atoms with Crippen LogP contribution >= 0.6 is 11.6 Å². The van der Waals surface area contributed by atoms with Crippen molar-refractivity contribution < 1.29 is 22.8 Å². The minimum Gasteiger partial charge on any atom is -0.347 e. The average Bonchev–Trinajstić information content (AvgIpc) is 2.51. The maximum atomic E-state index is 12.2. The molecule has 1 aromatic rings. The Balaban J connectivity index is 1.86. The SMILES string of the molecule is O=C(NCC(F)(F)F)C1CCN(C(=O)c2cc(Cl)ccn2)CC1. The topological polar surface area (TPSA) is 62.3 Å². The Morgan fingerprint density at radius 1 is 1.35 bits per heavy atom. The van der Waals surface area contributed by atoms with Crippen LogP contribution in [0.15, 0.2) is 18.3 Å². The van der Waals surface area contributed by atoms with Crippen LogP contribution in [0.4, 0.5) is 13.2 Å². The zero-order valence-corrected chi connectivity index (χ0v) is 12.8. The largest absolute Gasteiger partial charge is 0.405 e. The summed E-state index contributed by atoms with van der Waals surface area (Å²) in [5.41, 5.74) is 0.206. The first-order valence-corrected chi connectivity index (χ1v) is 7.39. The van der Waals surface area contributed by atoms with Crippen LogP contribution in [0.3, 0.4) is 0 Å². The predicted octanol–water partition coefficient (Wildman–Crippen LogP) is 2.27. The smallest absolute Gasteiger partial charge is 0.347 e. The lowest BCUT2D eigenvalue weighted by Gasteiger charge is -2.31. The molecule has 23 heavy (non-hydrogen) atoms. The third kappa shape index (κ3) is 5.09. The fourth-order valence-corrected chi connectivity index (χ4v) is 2.52. The molecule has 0 aliphatic carbocycles. The third-order valence-corrected chi connectivity index (χ3v) is 3.79. The molecule has 0 unspecified atom stereocenters. The molecule has 0 bridgehead atoms. The van der Waals surface area contributed by atoms with Crippen LogP contribution in [0, 0.1) is 5.92 Å². The molecule has 126 valence electrons. The van der Waals surface area contributed by atoms with Crippen molar-refractivity contribution in [3.05, 3.63) is 29.0 Å². The van der Waals surface area contributed by atoms with E-state index in [2.05, 4.69) is 4.98 Å². The van der Waals surface area contributed by atoms with Gasteiger partial charge in [-0.15, -0.1) is 0 Å². The van der Waals surface area contributed by atoms with Gasteiger partial charge in [0.1, 0.15) is 12.2 Å². The second-order valence-corrected chi connectivity index (χ2v) is 5.70. The first-order valence-electron chi connectivity index (χ1n) is 7.01. The lowest BCUT2D eigenvalue weighted by Crippen LogP contribution is -2.44. The van der Waals surface area contributed by atoms with E-state index in [0.29, 0.717) is 17.9 Å². The third-order valence-electron chi connectivity index (χ3n) is 3.56. The first kappa shape index (κ1) is 17.5. The monoisotopic (exact) mass is 349 g/mol. The molecular weight excluding hydrogens is 335 g/mol. The molecule has 2 heterocycles. The van der Waals surface area contributed by atoms with Crippen molar-refractivity contribution in [2.45, 2.75) is 19.0 Å². The van der Waals surface area contributed by atoms with Gasteiger partial charge in [0.15, 0.2) is 0 Å². The predicted molar refractivity (Wildman–Crippen MR) is 76.9 cm³/mol. The lowest BCUT2D eigenvalue weighted by molar-refractivity contribution is -0.141. The fraction of sp³-hybridized carbons (Fsp3) is 0.500. The quantitative estimate of drug-likeness (QED) is 0.910. The first-order chi connectivity index (χ1) is 10.8. The van der Waals surface area contributed by atoms with E-state index in [0.717, 1.165) is 0 Å². The van der Waals surface area contributed by atoms with Crippen molar-refractivity contribution >= 4 is 23.4 Å². The molecule has 0 spiro atoms. The number of carbonyl (C=O) groups is 2. The fourth-order valence-electron chi connectivity index (χ4n) is 2.36. The van der Waals surface area contributed by atoms with Gasteiger partial charge in [-0.2, -0.15) is 13.2 Å². The Kier molecular flexibility index (Phi) is 5.46. The van der Waals surface area contributed by atoms with Gasteiger partial charge in [0.2, 0.25) is 5.91 Å². The van der Waals surface area contributed by atoms with Gasteiger partial charge in [0.05, 0.1) is 0 Å². The molecule has 0 saturated carbocycles. The van der Waals surface area contributed by atoms with Gasteiger partial charge < -0.3 is 10.2 Å². The highest BCUT2D eigenvalue weighted by molar-refractivity contribution is 6.30. The minimum absolute atomic E-state index is 0.206. The molecule has 5 nitrogen and oxygen atoms in total. The summed E-state index contributed by atoms with van der Waals surface area (Å²) in [5, 5.41) is 2.27. The zero-order valence-electron chi connectivity index (χ0n) is 12.1. The number of pyridine rings is 1. The van der Waals surface area contributed by atoms with Crippen LogP contribution in [0.5, 0.6) is 0 Å². The maximum Gasteiger partial charge on any atom is 0.405 e. The molecular formula is C14H15ClF3N3O2. The van der Waals surface area contributed by atoms with Crippen molar-refractivity contribution in [1.29, 1.82) is 0 Å². The van der Waals surface area contributed by atoms with E-state index < -0.39 is 24.5 Å². The van der Waals surface area contributed by atoms with Crippen LogP contribution < -0.4 is 5.32 Å². The van der Waals surface area contributed by atoms with Crippen LogP contribution in [0.2, 0.25) is 5.02 Å². The Morgan fingerprint density at radius 3 is 2.57 bits per heavy atom. The highest BCUT2D eigenvalue weighted by Crippen LogP contribution is 2.20. The molecule has 1 saturated heterocycles. The lowest BCUT2D eigenvalue weighted by atomic mass is 9.95. The number of hydrogen-bond donors (Lipinski definition) is 1. The van der Waals surface area contributed by atoms with Gasteiger partial charge in [-0.25, -0.2) is 0 Å². The summed E-state index contributed by atoms with van der Waals surface area (Å²) in [6.07, 6.45) is -2.37. The van der Waals surface area contributed by atoms with Crippen molar-refractivity contribution in [3.63, 3.8) is 0 Å². The molecule has 1 aliphatic heterocycles. The van der Waals surface area contributed by atoms with Crippen LogP contribution in [-0.2, 0) is 4.79 Å².